The molecular weight excluding hydrogens is 318 g/mol. The predicted octanol–water partition coefficient (Wildman–Crippen LogP) is 5.77. The van der Waals surface area contributed by atoms with E-state index in [1.165, 1.54) is 41.0 Å². The molecule has 0 aromatic heterocycles. The van der Waals surface area contributed by atoms with Crippen LogP contribution in [0.1, 0.15) is 46.1 Å². The molecule has 1 nitrogen and oxygen atoms in total. The van der Waals surface area contributed by atoms with Crippen molar-refractivity contribution in [2.75, 3.05) is 11.5 Å². The number of hydrogen-bond acceptors (Lipinski definition) is 3. The van der Waals surface area contributed by atoms with E-state index in [0.29, 0.717) is 10.5 Å². The van der Waals surface area contributed by atoms with Crippen molar-refractivity contribution in [1.82, 2.24) is 0 Å². The highest BCUT2D eigenvalue weighted by Crippen LogP contribution is 2.47. The van der Waals surface area contributed by atoms with Crippen LogP contribution in [0.2, 0.25) is 0 Å². The minimum absolute atomic E-state index is 0.498. The lowest BCUT2D eigenvalue weighted by atomic mass is 10.00. The molecule has 2 aromatic carbocycles. The van der Waals surface area contributed by atoms with Crippen LogP contribution >= 0.6 is 23.5 Å². The Morgan fingerprint density at radius 1 is 0.957 bits per heavy atom. The minimum Gasteiger partial charge on any atom is -0.192 e. The third kappa shape index (κ3) is 4.13. The van der Waals surface area contributed by atoms with Crippen molar-refractivity contribution in [3.63, 3.8) is 0 Å². The van der Waals surface area contributed by atoms with E-state index >= 15 is 0 Å². The zero-order valence-electron chi connectivity index (χ0n) is 13.4. The molecule has 1 heterocycles. The molecule has 0 saturated carbocycles. The van der Waals surface area contributed by atoms with Crippen molar-refractivity contribution in [2.24, 2.45) is 0 Å². The largest absolute Gasteiger partial charge is 0.192 e. The Kier molecular flexibility index (Phi) is 5.70. The molecule has 118 valence electrons. The second-order valence-corrected chi connectivity index (χ2v) is 8.50. The summed E-state index contributed by atoms with van der Waals surface area (Å²) in [5, 5.41) is 8.89. The molecule has 0 aliphatic carbocycles. The third-order valence-electron chi connectivity index (χ3n) is 4.20. The normalized spacial score (nSPS) is 20.9. The minimum atomic E-state index is 0.498. The Labute approximate surface area is 147 Å². The molecule has 0 spiro atoms. The molecule has 1 saturated heterocycles. The Balaban J connectivity index is 1.60. The summed E-state index contributed by atoms with van der Waals surface area (Å²) in [5.74, 6) is 2.99. The van der Waals surface area contributed by atoms with E-state index in [-0.39, 0.29) is 0 Å². The molecule has 3 heteroatoms. The van der Waals surface area contributed by atoms with Crippen LogP contribution in [0.25, 0.3) is 0 Å². The first kappa shape index (κ1) is 16.5. The summed E-state index contributed by atoms with van der Waals surface area (Å²) in [5.41, 5.74) is 4.99. The Morgan fingerprint density at radius 2 is 1.57 bits per heavy atom. The lowest BCUT2D eigenvalue weighted by Crippen LogP contribution is -2.12. The zero-order valence-corrected chi connectivity index (χ0v) is 15.0. The van der Waals surface area contributed by atoms with Gasteiger partial charge in [0.15, 0.2) is 0 Å². The fourth-order valence-electron chi connectivity index (χ4n) is 2.85. The molecule has 1 aliphatic rings. The van der Waals surface area contributed by atoms with E-state index in [2.05, 4.69) is 49.4 Å². The van der Waals surface area contributed by atoms with Gasteiger partial charge in [-0.25, -0.2) is 0 Å². The number of benzene rings is 2. The number of aryl methyl sites for hydroxylation is 1. The fourth-order valence-corrected chi connectivity index (χ4v) is 5.99. The zero-order chi connectivity index (χ0) is 16.1. The van der Waals surface area contributed by atoms with Gasteiger partial charge in [-0.05, 0) is 35.2 Å². The van der Waals surface area contributed by atoms with Gasteiger partial charge in [-0.2, -0.15) is 5.26 Å². The van der Waals surface area contributed by atoms with Gasteiger partial charge in [-0.1, -0.05) is 49.7 Å². The van der Waals surface area contributed by atoms with Gasteiger partial charge in [0.2, 0.25) is 0 Å². The van der Waals surface area contributed by atoms with Gasteiger partial charge in [0, 0.05) is 17.4 Å². The number of nitriles is 1. The van der Waals surface area contributed by atoms with Crippen molar-refractivity contribution < 1.29 is 0 Å². The second-order valence-electron chi connectivity index (χ2n) is 5.92. The Hall–Kier alpha value is -1.37. The van der Waals surface area contributed by atoms with Crippen LogP contribution < -0.4 is 0 Å². The first-order valence-corrected chi connectivity index (χ1v) is 10.2. The summed E-state index contributed by atoms with van der Waals surface area (Å²) in [6, 6.07) is 19.5. The summed E-state index contributed by atoms with van der Waals surface area (Å²) in [6.07, 6.45) is 2.38. The highest BCUT2D eigenvalue weighted by Gasteiger charge is 2.24. The van der Waals surface area contributed by atoms with Crippen LogP contribution in [0.3, 0.4) is 0 Å². The van der Waals surface area contributed by atoms with Crippen LogP contribution in [0.5, 0.6) is 0 Å². The molecule has 1 aliphatic heterocycles. The maximum atomic E-state index is 8.89. The number of nitrogens with zero attached hydrogens (tertiary/aromatic N) is 1. The monoisotopic (exact) mass is 339 g/mol. The molecule has 0 amide bonds. The van der Waals surface area contributed by atoms with E-state index in [0.717, 1.165) is 5.56 Å². The van der Waals surface area contributed by atoms with E-state index in [1.807, 2.05) is 35.7 Å². The van der Waals surface area contributed by atoms with Gasteiger partial charge >= 0.3 is 0 Å². The third-order valence-corrected chi connectivity index (χ3v) is 7.36. The molecule has 2 aromatic rings. The van der Waals surface area contributed by atoms with Gasteiger partial charge in [-0.15, -0.1) is 23.5 Å². The maximum absolute atomic E-state index is 8.89. The predicted molar refractivity (Wildman–Crippen MR) is 102 cm³/mol. The molecule has 23 heavy (non-hydrogen) atoms. The highest BCUT2D eigenvalue weighted by molar-refractivity contribution is 8.17. The summed E-state index contributed by atoms with van der Waals surface area (Å²) in [7, 11) is 0. The first-order valence-electron chi connectivity index (χ1n) is 8.12. The number of rotatable bonds is 4. The molecule has 0 N–H and O–H groups in total. The topological polar surface area (TPSA) is 23.8 Å². The van der Waals surface area contributed by atoms with Crippen molar-refractivity contribution in [3.05, 3.63) is 70.8 Å². The Bertz CT molecular complexity index is 662. The number of thioether (sulfide) groups is 2. The summed E-state index contributed by atoms with van der Waals surface area (Å²) in [6.45, 7) is 2.23. The van der Waals surface area contributed by atoms with Crippen LogP contribution in [0.15, 0.2) is 48.5 Å². The van der Waals surface area contributed by atoms with Crippen LogP contribution in [-0.4, -0.2) is 11.5 Å². The quantitative estimate of drug-likeness (QED) is 0.706. The fraction of sp³-hybridized carbons (Fsp3) is 0.350. The van der Waals surface area contributed by atoms with Crippen molar-refractivity contribution >= 4 is 23.5 Å². The van der Waals surface area contributed by atoms with E-state index in [9.17, 15) is 0 Å². The van der Waals surface area contributed by atoms with Gasteiger partial charge in [0.1, 0.15) is 0 Å². The Morgan fingerprint density at radius 3 is 2.13 bits per heavy atom. The van der Waals surface area contributed by atoms with Gasteiger partial charge < -0.3 is 0 Å². The standard InChI is InChI=1S/C20H21NS2/c1-2-3-15-4-8-17(9-5-15)19-13-22-20(23-14-19)18-10-6-16(12-21)7-11-18/h4-11,19-20H,2-3,13-14H2,1H3. The maximum Gasteiger partial charge on any atom is 0.0991 e. The average Bonchev–Trinajstić information content (AvgIpc) is 2.63. The molecule has 3 rings (SSSR count). The molecular formula is C20H21NS2. The average molecular weight is 340 g/mol. The smallest absolute Gasteiger partial charge is 0.0991 e. The highest BCUT2D eigenvalue weighted by atomic mass is 32.2. The van der Waals surface area contributed by atoms with Gasteiger partial charge in [0.25, 0.3) is 0 Å². The van der Waals surface area contributed by atoms with Gasteiger partial charge in [0.05, 0.1) is 16.2 Å². The molecule has 0 radical (unpaired) electrons. The lowest BCUT2D eigenvalue weighted by Gasteiger charge is -2.28. The summed E-state index contributed by atoms with van der Waals surface area (Å²) < 4.78 is 0.498. The van der Waals surface area contributed by atoms with Crippen LogP contribution in [-0.2, 0) is 6.42 Å². The first-order chi connectivity index (χ1) is 11.3. The summed E-state index contributed by atoms with van der Waals surface area (Å²) >= 11 is 4.05. The van der Waals surface area contributed by atoms with E-state index in [1.54, 1.807) is 0 Å². The van der Waals surface area contributed by atoms with Crippen molar-refractivity contribution in [3.8, 4) is 6.07 Å². The van der Waals surface area contributed by atoms with E-state index < -0.39 is 0 Å². The molecule has 0 unspecified atom stereocenters. The summed E-state index contributed by atoms with van der Waals surface area (Å²) in [4.78, 5) is 0. The second kappa shape index (κ2) is 7.95. The van der Waals surface area contributed by atoms with Crippen LogP contribution in [0, 0.1) is 11.3 Å². The molecule has 0 atom stereocenters. The lowest BCUT2D eigenvalue weighted by molar-refractivity contribution is 0.876. The SMILES string of the molecule is CCCc1ccc(C2CSC(c3ccc(C#N)cc3)SC2)cc1. The van der Waals surface area contributed by atoms with Crippen molar-refractivity contribution in [2.45, 2.75) is 30.3 Å². The number of hydrogen-bond donors (Lipinski definition) is 0. The van der Waals surface area contributed by atoms with Crippen LogP contribution in [0.4, 0.5) is 0 Å². The molecule has 0 bridgehead atoms. The molecule has 1 fully saturated rings. The van der Waals surface area contributed by atoms with Crippen molar-refractivity contribution in [1.29, 1.82) is 5.26 Å². The van der Waals surface area contributed by atoms with E-state index in [4.69, 9.17) is 5.26 Å². The van der Waals surface area contributed by atoms with Gasteiger partial charge in [-0.3, -0.25) is 0 Å².